The van der Waals surface area contributed by atoms with Crippen molar-refractivity contribution in [3.05, 3.63) is 36.3 Å². The Kier molecular flexibility index (Phi) is 3.13. The summed E-state index contributed by atoms with van der Waals surface area (Å²) in [6.45, 7) is 0. The van der Waals surface area contributed by atoms with Gasteiger partial charge in [0.15, 0.2) is 0 Å². The number of aliphatic hydroxyl groups excluding tert-OH is 1. The fourth-order valence-corrected chi connectivity index (χ4v) is 2.55. The summed E-state index contributed by atoms with van der Waals surface area (Å²) >= 11 is 0. The fourth-order valence-electron chi connectivity index (χ4n) is 2.55. The van der Waals surface area contributed by atoms with E-state index in [1.807, 2.05) is 12.1 Å². The van der Waals surface area contributed by atoms with Crippen molar-refractivity contribution < 1.29 is 9.90 Å². The minimum absolute atomic E-state index is 0.149. The lowest BCUT2D eigenvalue weighted by Gasteiger charge is -2.16. The second-order valence-corrected chi connectivity index (χ2v) is 4.84. The number of rotatable bonds is 2. The number of carbonyl (C=O) groups is 1. The quantitative estimate of drug-likeness (QED) is 0.849. The van der Waals surface area contributed by atoms with Crippen molar-refractivity contribution in [2.45, 2.75) is 31.4 Å². The van der Waals surface area contributed by atoms with Crippen molar-refractivity contribution >= 4 is 16.8 Å². The van der Waals surface area contributed by atoms with Crippen LogP contribution in [-0.2, 0) is 0 Å². The molecule has 2 N–H and O–H groups in total. The highest BCUT2D eigenvalue weighted by Crippen LogP contribution is 2.20. The Balaban J connectivity index is 1.89. The van der Waals surface area contributed by atoms with Crippen LogP contribution in [0, 0.1) is 0 Å². The van der Waals surface area contributed by atoms with Gasteiger partial charge in [0.25, 0.3) is 5.91 Å². The molecule has 0 radical (unpaired) electrons. The molecule has 0 saturated heterocycles. The summed E-state index contributed by atoms with van der Waals surface area (Å²) in [5.74, 6) is -0.185. The Labute approximate surface area is 110 Å². The van der Waals surface area contributed by atoms with Gasteiger partial charge in [-0.3, -0.25) is 4.79 Å². The van der Waals surface area contributed by atoms with Gasteiger partial charge in [-0.05, 0) is 25.3 Å². The predicted molar refractivity (Wildman–Crippen MR) is 70.7 cm³/mol. The molecule has 5 nitrogen and oxygen atoms in total. The van der Waals surface area contributed by atoms with E-state index in [4.69, 9.17) is 0 Å². The number of para-hydroxylation sites is 1. The molecule has 3 rings (SSSR count). The lowest BCUT2D eigenvalue weighted by atomic mass is 10.1. The molecule has 5 heteroatoms. The van der Waals surface area contributed by atoms with Crippen LogP contribution in [0.5, 0.6) is 0 Å². The van der Waals surface area contributed by atoms with Gasteiger partial charge in [0.1, 0.15) is 6.33 Å². The van der Waals surface area contributed by atoms with Crippen LogP contribution in [-0.4, -0.2) is 33.1 Å². The van der Waals surface area contributed by atoms with Crippen molar-refractivity contribution in [1.29, 1.82) is 0 Å². The topological polar surface area (TPSA) is 75.1 Å². The lowest BCUT2D eigenvalue weighted by molar-refractivity contribution is 0.0874. The minimum atomic E-state index is -0.437. The predicted octanol–water partition coefficient (Wildman–Crippen LogP) is 1.27. The third-order valence-corrected chi connectivity index (χ3v) is 3.57. The minimum Gasteiger partial charge on any atom is -0.391 e. The third-order valence-electron chi connectivity index (χ3n) is 3.57. The Morgan fingerprint density at radius 3 is 3.05 bits per heavy atom. The van der Waals surface area contributed by atoms with Crippen LogP contribution in [0.1, 0.15) is 29.6 Å². The maximum absolute atomic E-state index is 12.3. The number of hydrogen-bond donors (Lipinski definition) is 2. The van der Waals surface area contributed by atoms with E-state index in [9.17, 15) is 9.90 Å². The van der Waals surface area contributed by atoms with Crippen molar-refractivity contribution in [3.63, 3.8) is 0 Å². The second kappa shape index (κ2) is 4.93. The van der Waals surface area contributed by atoms with E-state index < -0.39 is 6.10 Å². The number of carbonyl (C=O) groups excluding carboxylic acids is 1. The molecule has 1 aliphatic rings. The van der Waals surface area contributed by atoms with E-state index in [1.54, 1.807) is 12.3 Å². The van der Waals surface area contributed by atoms with Gasteiger partial charge in [-0.25, -0.2) is 9.97 Å². The highest BCUT2D eigenvalue weighted by Gasteiger charge is 2.27. The molecule has 1 amide bonds. The Morgan fingerprint density at radius 1 is 1.37 bits per heavy atom. The van der Waals surface area contributed by atoms with E-state index >= 15 is 0 Å². The molecule has 0 unspecified atom stereocenters. The standard InChI is InChI=1S/C14H15N3O2/c18-12-6-2-5-11(12)17-14(19)10-4-1-3-9-7-15-8-16-13(9)10/h1,3-4,7-8,11-12,18H,2,5-6H2,(H,17,19)/t11-,12-/m1/s1. The van der Waals surface area contributed by atoms with Crippen LogP contribution < -0.4 is 5.32 Å². The monoisotopic (exact) mass is 257 g/mol. The zero-order chi connectivity index (χ0) is 13.2. The Bertz CT molecular complexity index is 609. The highest BCUT2D eigenvalue weighted by atomic mass is 16.3. The molecule has 2 aromatic rings. The summed E-state index contributed by atoms with van der Waals surface area (Å²) in [5.41, 5.74) is 1.17. The SMILES string of the molecule is O=C(N[C@@H]1CCC[C@H]1O)c1cccc2cncnc12. The average molecular weight is 257 g/mol. The number of aromatic nitrogens is 2. The van der Waals surface area contributed by atoms with Crippen molar-refractivity contribution in [2.75, 3.05) is 0 Å². The number of amides is 1. The van der Waals surface area contributed by atoms with E-state index in [2.05, 4.69) is 15.3 Å². The largest absolute Gasteiger partial charge is 0.391 e. The van der Waals surface area contributed by atoms with Crippen LogP contribution in [0.15, 0.2) is 30.7 Å². The normalized spacial score (nSPS) is 22.6. The van der Waals surface area contributed by atoms with E-state index in [-0.39, 0.29) is 11.9 Å². The number of hydrogen-bond acceptors (Lipinski definition) is 4. The molecule has 1 aromatic heterocycles. The zero-order valence-corrected chi connectivity index (χ0v) is 10.4. The fraction of sp³-hybridized carbons (Fsp3) is 0.357. The molecule has 1 aromatic carbocycles. The molecule has 98 valence electrons. The molecule has 0 spiro atoms. The number of fused-ring (bicyclic) bond motifs is 1. The van der Waals surface area contributed by atoms with Crippen LogP contribution in [0.25, 0.3) is 10.9 Å². The van der Waals surface area contributed by atoms with Gasteiger partial charge in [-0.2, -0.15) is 0 Å². The van der Waals surface area contributed by atoms with Gasteiger partial charge in [-0.1, -0.05) is 12.1 Å². The molecule has 1 heterocycles. The van der Waals surface area contributed by atoms with Gasteiger partial charge in [-0.15, -0.1) is 0 Å². The zero-order valence-electron chi connectivity index (χ0n) is 10.4. The molecule has 2 atom stereocenters. The van der Waals surface area contributed by atoms with Gasteiger partial charge in [0.2, 0.25) is 0 Å². The first-order chi connectivity index (χ1) is 9.25. The highest BCUT2D eigenvalue weighted by molar-refractivity contribution is 6.05. The van der Waals surface area contributed by atoms with Crippen molar-refractivity contribution in [3.8, 4) is 0 Å². The van der Waals surface area contributed by atoms with Gasteiger partial charge < -0.3 is 10.4 Å². The molecule has 1 aliphatic carbocycles. The van der Waals surface area contributed by atoms with E-state index in [0.717, 1.165) is 24.6 Å². The van der Waals surface area contributed by atoms with Gasteiger partial charge in [0.05, 0.1) is 23.2 Å². The van der Waals surface area contributed by atoms with E-state index in [1.165, 1.54) is 6.33 Å². The smallest absolute Gasteiger partial charge is 0.253 e. The number of benzene rings is 1. The van der Waals surface area contributed by atoms with Gasteiger partial charge >= 0.3 is 0 Å². The molecule has 0 bridgehead atoms. The van der Waals surface area contributed by atoms with Crippen molar-refractivity contribution in [1.82, 2.24) is 15.3 Å². The number of aliphatic hydroxyl groups is 1. The molecular weight excluding hydrogens is 242 g/mol. The summed E-state index contributed by atoms with van der Waals surface area (Å²) in [6.07, 6.45) is 5.21. The molecule has 0 aliphatic heterocycles. The van der Waals surface area contributed by atoms with Gasteiger partial charge in [0, 0.05) is 11.6 Å². The molecular formula is C14H15N3O2. The molecule has 19 heavy (non-hydrogen) atoms. The first kappa shape index (κ1) is 12.0. The van der Waals surface area contributed by atoms with E-state index in [0.29, 0.717) is 11.1 Å². The van der Waals surface area contributed by atoms with Crippen LogP contribution in [0.2, 0.25) is 0 Å². The first-order valence-corrected chi connectivity index (χ1v) is 6.43. The molecule has 1 saturated carbocycles. The summed E-state index contributed by atoms with van der Waals surface area (Å²) in [7, 11) is 0. The lowest BCUT2D eigenvalue weighted by Crippen LogP contribution is -2.39. The maximum Gasteiger partial charge on any atom is 0.253 e. The summed E-state index contributed by atoms with van der Waals surface area (Å²) < 4.78 is 0. The number of nitrogens with one attached hydrogen (secondary N) is 1. The maximum atomic E-state index is 12.3. The second-order valence-electron chi connectivity index (χ2n) is 4.84. The molecule has 1 fully saturated rings. The Hall–Kier alpha value is -2.01. The summed E-state index contributed by atoms with van der Waals surface area (Å²) in [6, 6.07) is 5.28. The average Bonchev–Trinajstić information content (AvgIpc) is 2.83. The third kappa shape index (κ3) is 2.29. The van der Waals surface area contributed by atoms with Crippen LogP contribution in [0.4, 0.5) is 0 Å². The summed E-state index contributed by atoms with van der Waals surface area (Å²) in [4.78, 5) is 20.4. The van der Waals surface area contributed by atoms with Crippen LogP contribution in [0.3, 0.4) is 0 Å². The van der Waals surface area contributed by atoms with Crippen molar-refractivity contribution in [2.24, 2.45) is 0 Å². The van der Waals surface area contributed by atoms with Crippen LogP contribution >= 0.6 is 0 Å². The first-order valence-electron chi connectivity index (χ1n) is 6.43. The summed E-state index contributed by atoms with van der Waals surface area (Å²) in [5, 5.41) is 13.5. The Morgan fingerprint density at radius 2 is 2.26 bits per heavy atom. The number of nitrogens with zero attached hydrogens (tertiary/aromatic N) is 2.